The standard InChI is InChI=1S/C16H24FO4P.CH3BrS/c1-16(2,3)20-15(18)9-7-13-10-12(11-17)6-8-14(13)21-22(4,5)19;1-3-2/h6,8,10H,7,9,11H2,1-5H3;1H3/i;1T. The van der Waals surface area contributed by atoms with Gasteiger partial charge in [-0.05, 0) is 71.5 Å². The zero-order valence-corrected chi connectivity index (χ0v) is 18.6. The molecule has 0 aliphatic rings. The second-order valence-corrected chi connectivity index (χ2v) is 10.9. The summed E-state index contributed by atoms with van der Waals surface area (Å²) >= 11 is 2.98. The molecule has 0 aromatic heterocycles. The van der Waals surface area contributed by atoms with E-state index in [9.17, 15) is 13.8 Å². The molecule has 0 unspecified atom stereocenters. The molecule has 0 atom stereocenters. The molecular formula is C17H27BrFO4PS. The van der Waals surface area contributed by atoms with E-state index < -0.39 is 19.6 Å². The minimum Gasteiger partial charge on any atom is -0.460 e. The maximum Gasteiger partial charge on any atom is 0.306 e. The Hall–Kier alpha value is -0.520. The molecule has 0 spiro atoms. The Kier molecular flexibility index (Phi) is 10.1. The Balaban J connectivity index is 0.00000141. The molecule has 1 aromatic carbocycles. The number of alkyl halides is 1. The monoisotopic (exact) mass is 458 g/mol. The molecule has 4 nitrogen and oxygen atoms in total. The minimum atomic E-state index is -2.73. The molecular weight excluding hydrogens is 430 g/mol. The van der Waals surface area contributed by atoms with E-state index in [-0.39, 0.29) is 12.4 Å². The average Bonchev–Trinajstić information content (AvgIpc) is 2.51. The lowest BCUT2D eigenvalue weighted by Gasteiger charge is -2.20. The van der Waals surface area contributed by atoms with Crippen molar-refractivity contribution >= 4 is 38.3 Å². The summed E-state index contributed by atoms with van der Waals surface area (Å²) in [5, 5.41) is 0. The van der Waals surface area contributed by atoms with Crippen molar-refractivity contribution in [2.45, 2.75) is 45.9 Å². The molecule has 0 saturated carbocycles. The SMILES string of the molecule is CC(C)(C)OC(=O)CCc1cc(CF)ccc1OP(C)(C)=O.[3H]CSBr. The molecule has 0 radical (unpaired) electrons. The number of esters is 1. The van der Waals surface area contributed by atoms with E-state index in [4.69, 9.17) is 10.6 Å². The normalized spacial score (nSPS) is 11.9. The largest absolute Gasteiger partial charge is 0.460 e. The number of carbonyl (C=O) groups is 1. The fraction of sp³-hybridized carbons (Fsp3) is 0.588. The van der Waals surface area contributed by atoms with Gasteiger partial charge in [0.25, 0.3) is 0 Å². The first-order valence-electron chi connectivity index (χ1n) is 8.29. The highest BCUT2D eigenvalue weighted by Gasteiger charge is 2.18. The van der Waals surface area contributed by atoms with Gasteiger partial charge in [0.1, 0.15) is 18.0 Å². The Morgan fingerprint density at radius 3 is 2.44 bits per heavy atom. The van der Waals surface area contributed by atoms with Crippen LogP contribution in [0.4, 0.5) is 4.39 Å². The van der Waals surface area contributed by atoms with Gasteiger partial charge in [0, 0.05) is 21.1 Å². The second-order valence-electron chi connectivity index (χ2n) is 6.61. The molecule has 8 heteroatoms. The van der Waals surface area contributed by atoms with E-state index in [0.29, 0.717) is 29.5 Å². The number of benzene rings is 1. The predicted octanol–water partition coefficient (Wildman–Crippen LogP) is 6.01. The van der Waals surface area contributed by atoms with Crippen molar-refractivity contribution in [1.29, 1.82) is 0 Å². The van der Waals surface area contributed by atoms with Crippen molar-refractivity contribution < 1.29 is 24.4 Å². The lowest BCUT2D eigenvalue weighted by atomic mass is 10.1. The van der Waals surface area contributed by atoms with Crippen molar-refractivity contribution in [2.75, 3.05) is 19.6 Å². The molecule has 0 bridgehead atoms. The van der Waals surface area contributed by atoms with Gasteiger partial charge in [0.15, 0.2) is 0 Å². The fourth-order valence-corrected chi connectivity index (χ4v) is 2.52. The first-order chi connectivity index (χ1) is 11.9. The number of ether oxygens (including phenoxy) is 1. The van der Waals surface area contributed by atoms with Gasteiger partial charge in [-0.25, -0.2) is 4.39 Å². The molecule has 1 aromatic rings. The molecule has 0 amide bonds. The van der Waals surface area contributed by atoms with Crippen LogP contribution in [0.1, 0.15) is 39.7 Å². The van der Waals surface area contributed by atoms with Gasteiger partial charge >= 0.3 is 5.97 Å². The summed E-state index contributed by atoms with van der Waals surface area (Å²) in [5.74, 6) is 0.0920. The van der Waals surface area contributed by atoms with Crippen LogP contribution in [0.25, 0.3) is 0 Å². The molecule has 144 valence electrons. The van der Waals surface area contributed by atoms with Crippen molar-refractivity contribution in [3.63, 3.8) is 0 Å². The first-order valence-corrected chi connectivity index (χ1v) is 12.9. The molecule has 0 fully saturated rings. The summed E-state index contributed by atoms with van der Waals surface area (Å²) in [5.41, 5.74) is 0.609. The molecule has 0 aliphatic carbocycles. The zero-order valence-electron chi connectivity index (χ0n) is 16.3. The van der Waals surface area contributed by atoms with E-state index >= 15 is 0 Å². The van der Waals surface area contributed by atoms with E-state index in [1.165, 1.54) is 23.5 Å². The van der Waals surface area contributed by atoms with Gasteiger partial charge < -0.3 is 9.26 Å². The molecule has 0 heterocycles. The maximum atomic E-state index is 12.8. The molecule has 0 saturated heterocycles. The van der Waals surface area contributed by atoms with Gasteiger partial charge in [-0.1, -0.05) is 16.3 Å². The lowest BCUT2D eigenvalue weighted by Crippen LogP contribution is -2.24. The van der Waals surface area contributed by atoms with Crippen molar-refractivity contribution in [3.05, 3.63) is 29.3 Å². The van der Waals surface area contributed by atoms with Gasteiger partial charge in [0.05, 0.1) is 0 Å². The first kappa shape index (κ1) is 22.5. The third-order valence-corrected chi connectivity index (χ3v) is 3.25. The summed E-state index contributed by atoms with van der Waals surface area (Å²) in [6.45, 7) is 7.81. The van der Waals surface area contributed by atoms with Crippen LogP contribution in [0.5, 0.6) is 5.75 Å². The molecule has 0 aliphatic heterocycles. The van der Waals surface area contributed by atoms with E-state index in [0.717, 1.165) is 0 Å². The Labute approximate surface area is 163 Å². The third-order valence-electron chi connectivity index (χ3n) is 2.62. The average molecular weight is 459 g/mol. The maximum absolute atomic E-state index is 12.8. The highest BCUT2D eigenvalue weighted by molar-refractivity contribution is 9.50. The van der Waals surface area contributed by atoms with Crippen LogP contribution >= 0.6 is 32.4 Å². The molecule has 25 heavy (non-hydrogen) atoms. The fourth-order valence-electron chi connectivity index (χ4n) is 1.87. The smallest absolute Gasteiger partial charge is 0.306 e. The van der Waals surface area contributed by atoms with Gasteiger partial charge in [-0.15, -0.1) is 0 Å². The summed E-state index contributed by atoms with van der Waals surface area (Å²) in [4.78, 5) is 11.8. The van der Waals surface area contributed by atoms with Crippen molar-refractivity contribution in [1.82, 2.24) is 0 Å². The van der Waals surface area contributed by atoms with Gasteiger partial charge in [-0.3, -0.25) is 9.36 Å². The number of aryl methyl sites for hydroxylation is 1. The number of hydrogen-bond acceptors (Lipinski definition) is 5. The summed E-state index contributed by atoms with van der Waals surface area (Å²) < 4.78 is 41.7. The van der Waals surface area contributed by atoms with Crippen LogP contribution in [0.2, 0.25) is 0 Å². The number of carbonyl (C=O) groups excluding carboxylic acids is 1. The van der Waals surface area contributed by atoms with Crippen LogP contribution in [0.3, 0.4) is 0 Å². The van der Waals surface area contributed by atoms with Gasteiger partial charge in [0.2, 0.25) is 7.37 Å². The number of rotatable bonds is 6. The lowest BCUT2D eigenvalue weighted by molar-refractivity contribution is -0.154. The molecule has 1 rings (SSSR count). The number of halogens is 2. The predicted molar refractivity (Wildman–Crippen MR) is 108 cm³/mol. The third kappa shape index (κ3) is 12.5. The summed E-state index contributed by atoms with van der Waals surface area (Å²) in [7, 11) is -1.39. The summed E-state index contributed by atoms with van der Waals surface area (Å²) in [6, 6.07) is 4.82. The quantitative estimate of drug-likeness (QED) is 0.386. The topological polar surface area (TPSA) is 52.6 Å². The van der Waals surface area contributed by atoms with E-state index in [1.54, 1.807) is 39.0 Å². The Morgan fingerprint density at radius 1 is 1.40 bits per heavy atom. The highest BCUT2D eigenvalue weighted by atomic mass is 79.9. The van der Waals surface area contributed by atoms with E-state index in [1.807, 2.05) is 0 Å². The Bertz CT molecular complexity index is 617. The van der Waals surface area contributed by atoms with Crippen LogP contribution in [-0.2, 0) is 27.2 Å². The number of hydrogen-bond donors (Lipinski definition) is 0. The van der Waals surface area contributed by atoms with Gasteiger partial charge in [-0.2, -0.15) is 0 Å². The zero-order chi connectivity index (χ0) is 20.4. The van der Waals surface area contributed by atoms with Crippen molar-refractivity contribution in [2.24, 2.45) is 0 Å². The van der Waals surface area contributed by atoms with Crippen LogP contribution in [0.15, 0.2) is 18.2 Å². The van der Waals surface area contributed by atoms with E-state index in [2.05, 4.69) is 14.8 Å². The van der Waals surface area contributed by atoms with Crippen LogP contribution in [-0.4, -0.2) is 31.1 Å². The highest BCUT2D eigenvalue weighted by Crippen LogP contribution is 2.40. The van der Waals surface area contributed by atoms with Crippen LogP contribution < -0.4 is 4.52 Å². The second kappa shape index (κ2) is 11.2. The van der Waals surface area contributed by atoms with Crippen LogP contribution in [0, 0.1) is 0 Å². The Morgan fingerprint density at radius 2 is 2.00 bits per heavy atom. The molecule has 0 N–H and O–H groups in total. The minimum absolute atomic E-state index is 0.154. The van der Waals surface area contributed by atoms with Crippen molar-refractivity contribution in [3.8, 4) is 5.75 Å². The summed E-state index contributed by atoms with van der Waals surface area (Å²) in [6.07, 6.45) is 0.902.